The molecule has 0 radical (unpaired) electrons. The lowest BCUT2D eigenvalue weighted by Crippen LogP contribution is -2.39. The van der Waals surface area contributed by atoms with Gasteiger partial charge in [-0.2, -0.15) is 0 Å². The average molecular weight is 436 g/mol. The number of carbonyl (C=O) groups is 1. The van der Waals surface area contributed by atoms with Gasteiger partial charge in [0, 0.05) is 11.9 Å². The van der Waals surface area contributed by atoms with Crippen molar-refractivity contribution < 1.29 is 9.53 Å². The van der Waals surface area contributed by atoms with E-state index in [0.29, 0.717) is 26.5 Å². The number of hydrogen-bond acceptors (Lipinski definition) is 5. The SMILES string of the molecule is CCOC(=O)C1=C(C)N=c2s/c(=C/c3ccc[nH]3)c(=O)n2[C@@H]1c1ccc(C(C)C)cc1. The molecule has 7 heteroatoms. The highest BCUT2D eigenvalue weighted by atomic mass is 32.1. The van der Waals surface area contributed by atoms with Crippen LogP contribution in [0.2, 0.25) is 0 Å². The normalized spacial score (nSPS) is 16.4. The zero-order valence-corrected chi connectivity index (χ0v) is 18.8. The molecule has 31 heavy (non-hydrogen) atoms. The molecule has 0 unspecified atom stereocenters. The van der Waals surface area contributed by atoms with Gasteiger partial charge in [-0.25, -0.2) is 9.79 Å². The number of aromatic amines is 1. The minimum Gasteiger partial charge on any atom is -0.463 e. The summed E-state index contributed by atoms with van der Waals surface area (Å²) in [5.74, 6) is -0.0565. The number of rotatable bonds is 5. The van der Waals surface area contributed by atoms with Crippen LogP contribution in [0.4, 0.5) is 0 Å². The summed E-state index contributed by atoms with van der Waals surface area (Å²) < 4.78 is 7.50. The number of benzene rings is 1. The highest BCUT2D eigenvalue weighted by molar-refractivity contribution is 7.07. The Hall–Kier alpha value is -3.19. The number of aromatic nitrogens is 2. The molecule has 1 aliphatic heterocycles. The van der Waals surface area contributed by atoms with Gasteiger partial charge < -0.3 is 9.72 Å². The van der Waals surface area contributed by atoms with E-state index >= 15 is 0 Å². The van der Waals surface area contributed by atoms with Crippen molar-refractivity contribution in [3.05, 3.63) is 90.4 Å². The van der Waals surface area contributed by atoms with Crippen LogP contribution in [0.15, 0.2) is 63.7 Å². The van der Waals surface area contributed by atoms with Gasteiger partial charge in [0.15, 0.2) is 4.80 Å². The van der Waals surface area contributed by atoms with E-state index < -0.39 is 12.0 Å². The van der Waals surface area contributed by atoms with E-state index in [1.807, 2.05) is 48.7 Å². The van der Waals surface area contributed by atoms with Gasteiger partial charge in [-0.15, -0.1) is 0 Å². The first-order valence-electron chi connectivity index (χ1n) is 10.3. The first-order valence-corrected chi connectivity index (χ1v) is 11.1. The van der Waals surface area contributed by atoms with E-state index in [0.717, 1.165) is 11.3 Å². The van der Waals surface area contributed by atoms with Gasteiger partial charge in [0.1, 0.15) is 0 Å². The smallest absolute Gasteiger partial charge is 0.338 e. The lowest BCUT2D eigenvalue weighted by molar-refractivity contribution is -0.139. The van der Waals surface area contributed by atoms with Crippen LogP contribution in [0.25, 0.3) is 6.08 Å². The Morgan fingerprint density at radius 2 is 2.03 bits per heavy atom. The number of H-pyrrole nitrogens is 1. The maximum absolute atomic E-state index is 13.4. The van der Waals surface area contributed by atoms with Crippen molar-refractivity contribution in [2.24, 2.45) is 4.99 Å². The molecule has 0 spiro atoms. The monoisotopic (exact) mass is 435 g/mol. The third-order valence-electron chi connectivity index (χ3n) is 5.34. The summed E-state index contributed by atoms with van der Waals surface area (Å²) in [5.41, 5.74) is 3.69. The van der Waals surface area contributed by atoms with Crippen LogP contribution in [0.5, 0.6) is 0 Å². The van der Waals surface area contributed by atoms with Crippen molar-refractivity contribution >= 4 is 23.4 Å². The number of fused-ring (bicyclic) bond motifs is 1. The number of carbonyl (C=O) groups excluding carboxylic acids is 1. The summed E-state index contributed by atoms with van der Waals surface area (Å²) in [7, 11) is 0. The Balaban J connectivity index is 1.94. The van der Waals surface area contributed by atoms with Crippen LogP contribution in [0.1, 0.15) is 56.5 Å². The molecule has 3 aromatic rings. The van der Waals surface area contributed by atoms with Crippen molar-refractivity contribution in [3.8, 4) is 0 Å². The van der Waals surface area contributed by atoms with Crippen molar-refractivity contribution in [3.63, 3.8) is 0 Å². The Labute approximate surface area is 184 Å². The second kappa shape index (κ2) is 8.51. The fraction of sp³-hybridized carbons (Fsp3) is 0.292. The third-order valence-corrected chi connectivity index (χ3v) is 6.33. The van der Waals surface area contributed by atoms with Gasteiger partial charge in [-0.1, -0.05) is 49.4 Å². The Morgan fingerprint density at radius 3 is 2.65 bits per heavy atom. The maximum Gasteiger partial charge on any atom is 0.338 e. The van der Waals surface area contributed by atoms with Crippen LogP contribution in [-0.2, 0) is 9.53 Å². The summed E-state index contributed by atoms with van der Waals surface area (Å²) in [6.45, 7) is 8.08. The average Bonchev–Trinajstić information content (AvgIpc) is 3.35. The molecule has 160 valence electrons. The lowest BCUT2D eigenvalue weighted by atomic mass is 9.93. The lowest BCUT2D eigenvalue weighted by Gasteiger charge is -2.25. The molecule has 6 nitrogen and oxygen atoms in total. The number of allylic oxidation sites excluding steroid dienone is 1. The number of esters is 1. The van der Waals surface area contributed by atoms with Gasteiger partial charge >= 0.3 is 5.97 Å². The first kappa shape index (κ1) is 21.1. The number of thiazole rings is 1. The first-order chi connectivity index (χ1) is 14.9. The van der Waals surface area contributed by atoms with E-state index in [1.54, 1.807) is 18.4 Å². The fourth-order valence-electron chi connectivity index (χ4n) is 3.75. The standard InChI is InChI=1S/C24H25N3O3S/c1-5-30-23(29)20-15(4)26-24-27(21(20)17-10-8-16(9-11-17)14(2)3)22(28)19(31-24)13-18-7-6-12-25-18/h6-14,21,25H,5H2,1-4H3/b19-13+/t21-/m1/s1. The van der Waals surface area contributed by atoms with E-state index in [-0.39, 0.29) is 12.2 Å². The van der Waals surface area contributed by atoms with Gasteiger partial charge in [0.2, 0.25) is 0 Å². The molecule has 4 rings (SSSR count). The zero-order valence-electron chi connectivity index (χ0n) is 18.0. The molecular weight excluding hydrogens is 410 g/mol. The summed E-state index contributed by atoms with van der Waals surface area (Å²) >= 11 is 1.32. The van der Waals surface area contributed by atoms with Crippen LogP contribution in [0.3, 0.4) is 0 Å². The van der Waals surface area contributed by atoms with E-state index in [1.165, 1.54) is 16.9 Å². The van der Waals surface area contributed by atoms with E-state index in [9.17, 15) is 9.59 Å². The predicted molar refractivity (Wildman–Crippen MR) is 122 cm³/mol. The molecule has 0 fully saturated rings. The molecule has 1 N–H and O–H groups in total. The van der Waals surface area contributed by atoms with Crippen LogP contribution in [0, 0.1) is 0 Å². The van der Waals surface area contributed by atoms with Crippen LogP contribution >= 0.6 is 11.3 Å². The van der Waals surface area contributed by atoms with Crippen molar-refractivity contribution in [2.45, 2.75) is 39.7 Å². The molecular formula is C24H25N3O3S. The molecule has 1 atom stereocenters. The summed E-state index contributed by atoms with van der Waals surface area (Å²) in [4.78, 5) is 34.6. The van der Waals surface area contributed by atoms with Crippen molar-refractivity contribution in [1.29, 1.82) is 0 Å². The molecule has 3 heterocycles. The minimum atomic E-state index is -0.581. The number of ether oxygens (including phenoxy) is 1. The van der Waals surface area contributed by atoms with Crippen LogP contribution < -0.4 is 14.9 Å². The largest absolute Gasteiger partial charge is 0.463 e. The van der Waals surface area contributed by atoms with Gasteiger partial charge in [-0.05, 0) is 49.1 Å². The summed E-state index contributed by atoms with van der Waals surface area (Å²) in [5, 5.41) is 0. The Bertz CT molecular complexity index is 1310. The second-order valence-corrected chi connectivity index (χ2v) is 8.76. The highest BCUT2D eigenvalue weighted by Gasteiger charge is 2.33. The molecule has 0 bridgehead atoms. The molecule has 2 aromatic heterocycles. The third kappa shape index (κ3) is 3.93. The highest BCUT2D eigenvalue weighted by Crippen LogP contribution is 2.31. The van der Waals surface area contributed by atoms with Crippen LogP contribution in [-0.4, -0.2) is 22.1 Å². The van der Waals surface area contributed by atoms with E-state index in [2.05, 4.69) is 23.8 Å². The topological polar surface area (TPSA) is 76.4 Å². The van der Waals surface area contributed by atoms with Gasteiger partial charge in [0.05, 0.1) is 28.5 Å². The second-order valence-electron chi connectivity index (χ2n) is 7.75. The maximum atomic E-state index is 13.4. The molecule has 1 aliphatic rings. The Kier molecular flexibility index (Phi) is 5.78. The summed E-state index contributed by atoms with van der Waals surface area (Å²) in [6, 6.07) is 11.3. The van der Waals surface area contributed by atoms with Gasteiger partial charge in [0.25, 0.3) is 5.56 Å². The number of nitrogens with zero attached hydrogens (tertiary/aromatic N) is 2. The quantitative estimate of drug-likeness (QED) is 0.625. The zero-order chi connectivity index (χ0) is 22.1. The molecule has 1 aromatic carbocycles. The van der Waals surface area contributed by atoms with Gasteiger partial charge in [-0.3, -0.25) is 9.36 Å². The molecule has 0 aliphatic carbocycles. The Morgan fingerprint density at radius 1 is 1.29 bits per heavy atom. The van der Waals surface area contributed by atoms with Crippen molar-refractivity contribution in [1.82, 2.24) is 9.55 Å². The molecule has 0 saturated carbocycles. The van der Waals surface area contributed by atoms with E-state index in [4.69, 9.17) is 4.74 Å². The number of nitrogens with one attached hydrogen (secondary N) is 1. The van der Waals surface area contributed by atoms with Crippen molar-refractivity contribution in [2.75, 3.05) is 6.61 Å². The number of hydrogen-bond donors (Lipinski definition) is 1. The predicted octanol–water partition coefficient (Wildman–Crippen LogP) is 3.25. The summed E-state index contributed by atoms with van der Waals surface area (Å²) in [6.07, 6.45) is 3.62. The minimum absolute atomic E-state index is 0.175. The molecule has 0 saturated heterocycles. The molecule has 0 amide bonds. The fourth-order valence-corrected chi connectivity index (χ4v) is 4.78.